The summed E-state index contributed by atoms with van der Waals surface area (Å²) in [6, 6.07) is 6.86. The molecule has 0 N–H and O–H groups in total. The third-order valence-electron chi connectivity index (χ3n) is 4.40. The van der Waals surface area contributed by atoms with Gasteiger partial charge in [0, 0.05) is 31.1 Å². The number of hydrogen-bond acceptors (Lipinski definition) is 4. The van der Waals surface area contributed by atoms with Crippen LogP contribution in [-0.4, -0.2) is 60.7 Å². The average molecular weight is 387 g/mol. The van der Waals surface area contributed by atoms with Crippen LogP contribution in [0, 0.1) is 0 Å². The third kappa shape index (κ3) is 5.19. The van der Waals surface area contributed by atoms with Gasteiger partial charge in [-0.15, -0.1) is 0 Å². The van der Waals surface area contributed by atoms with Gasteiger partial charge in [-0.2, -0.15) is 0 Å². The summed E-state index contributed by atoms with van der Waals surface area (Å²) in [6.07, 6.45) is 0.451. The summed E-state index contributed by atoms with van der Waals surface area (Å²) in [5, 5.41) is 0.537. The molecular formula is C17H23ClN2O4S. The van der Waals surface area contributed by atoms with Gasteiger partial charge in [0.25, 0.3) is 0 Å². The van der Waals surface area contributed by atoms with E-state index in [-0.39, 0.29) is 42.5 Å². The van der Waals surface area contributed by atoms with Gasteiger partial charge < -0.3 is 9.80 Å². The smallest absolute Gasteiger partial charge is 0.242 e. The molecule has 1 fully saturated rings. The highest BCUT2D eigenvalue weighted by Crippen LogP contribution is 2.20. The largest absolute Gasteiger partial charge is 0.337 e. The van der Waals surface area contributed by atoms with E-state index in [1.54, 1.807) is 17.0 Å². The zero-order chi connectivity index (χ0) is 18.6. The van der Waals surface area contributed by atoms with Gasteiger partial charge in [0.05, 0.1) is 11.5 Å². The van der Waals surface area contributed by atoms with E-state index in [9.17, 15) is 18.0 Å². The van der Waals surface area contributed by atoms with E-state index in [0.717, 1.165) is 5.56 Å². The van der Waals surface area contributed by atoms with Crippen LogP contribution in [0.15, 0.2) is 24.3 Å². The normalized spacial score (nSPS) is 18.8. The Hall–Kier alpha value is -1.60. The van der Waals surface area contributed by atoms with Crippen LogP contribution in [0.1, 0.15) is 25.8 Å². The SMILES string of the molecule is CCN(C(=O)CN(Cc1ccccc1Cl)C(C)=O)C1CCS(=O)(=O)C1. The molecule has 2 rings (SSSR count). The van der Waals surface area contributed by atoms with Crippen LogP contribution < -0.4 is 0 Å². The van der Waals surface area contributed by atoms with Crippen LogP contribution in [0.25, 0.3) is 0 Å². The van der Waals surface area contributed by atoms with E-state index in [1.807, 2.05) is 19.1 Å². The highest BCUT2D eigenvalue weighted by molar-refractivity contribution is 7.91. The third-order valence-corrected chi connectivity index (χ3v) is 6.52. The van der Waals surface area contributed by atoms with Crippen molar-refractivity contribution in [2.75, 3.05) is 24.6 Å². The van der Waals surface area contributed by atoms with Crippen molar-refractivity contribution in [2.24, 2.45) is 0 Å². The van der Waals surface area contributed by atoms with Crippen molar-refractivity contribution in [1.29, 1.82) is 0 Å². The minimum Gasteiger partial charge on any atom is -0.337 e. The number of halogens is 1. The summed E-state index contributed by atoms with van der Waals surface area (Å²) < 4.78 is 23.4. The van der Waals surface area contributed by atoms with Crippen molar-refractivity contribution in [3.8, 4) is 0 Å². The van der Waals surface area contributed by atoms with Crippen LogP contribution in [0.2, 0.25) is 5.02 Å². The predicted octanol–water partition coefficient (Wildman–Crippen LogP) is 1.72. The molecule has 0 spiro atoms. The second kappa shape index (κ2) is 8.19. The van der Waals surface area contributed by atoms with Crippen molar-refractivity contribution in [3.05, 3.63) is 34.9 Å². The first-order chi connectivity index (χ1) is 11.7. The fourth-order valence-corrected chi connectivity index (χ4v) is 4.95. The molecular weight excluding hydrogens is 364 g/mol. The molecule has 1 unspecified atom stereocenters. The predicted molar refractivity (Wildman–Crippen MR) is 97.0 cm³/mol. The topological polar surface area (TPSA) is 74.8 Å². The zero-order valence-corrected chi connectivity index (χ0v) is 16.0. The standard InChI is InChI=1S/C17H23ClN2O4S/c1-3-20(15-8-9-25(23,24)12-15)17(22)11-19(13(2)21)10-14-6-4-5-7-16(14)18/h4-7,15H,3,8-12H2,1-2H3. The van der Waals surface area contributed by atoms with Crippen molar-refractivity contribution in [3.63, 3.8) is 0 Å². The van der Waals surface area contributed by atoms with Crippen LogP contribution in [0.4, 0.5) is 0 Å². The number of benzene rings is 1. The van der Waals surface area contributed by atoms with Gasteiger partial charge in [0.15, 0.2) is 9.84 Å². The number of rotatable bonds is 6. The molecule has 1 aliphatic heterocycles. The first kappa shape index (κ1) is 19.7. The van der Waals surface area contributed by atoms with Gasteiger partial charge in [0.2, 0.25) is 11.8 Å². The number of hydrogen-bond donors (Lipinski definition) is 0. The molecule has 0 radical (unpaired) electrons. The molecule has 8 heteroatoms. The highest BCUT2D eigenvalue weighted by atomic mass is 35.5. The number of carbonyl (C=O) groups excluding carboxylic acids is 2. The monoisotopic (exact) mass is 386 g/mol. The molecule has 0 aromatic heterocycles. The Balaban J connectivity index is 2.08. The van der Waals surface area contributed by atoms with Gasteiger partial charge >= 0.3 is 0 Å². The molecule has 1 aromatic carbocycles. The van der Waals surface area contributed by atoms with Crippen LogP contribution in [-0.2, 0) is 26.0 Å². The van der Waals surface area contributed by atoms with Crippen molar-refractivity contribution >= 4 is 33.3 Å². The Bertz CT molecular complexity index is 751. The summed E-state index contributed by atoms with van der Waals surface area (Å²) in [5.41, 5.74) is 0.763. The number of carbonyl (C=O) groups is 2. The molecule has 0 saturated carbocycles. The molecule has 1 saturated heterocycles. The van der Waals surface area contributed by atoms with E-state index in [1.165, 1.54) is 11.8 Å². The minimum absolute atomic E-state index is 0.00281. The number of sulfone groups is 1. The molecule has 25 heavy (non-hydrogen) atoms. The molecule has 0 aliphatic carbocycles. The first-order valence-corrected chi connectivity index (χ1v) is 10.4. The Morgan fingerprint density at radius 1 is 1.28 bits per heavy atom. The van der Waals surface area contributed by atoms with Crippen LogP contribution in [0.3, 0.4) is 0 Å². The summed E-state index contributed by atoms with van der Waals surface area (Å²) in [6.45, 7) is 3.78. The Kier molecular flexibility index (Phi) is 6.46. The summed E-state index contributed by atoms with van der Waals surface area (Å²) in [5.74, 6) is -0.371. The molecule has 1 atom stereocenters. The lowest BCUT2D eigenvalue weighted by Gasteiger charge is -2.30. The molecule has 2 amide bonds. The molecule has 1 aliphatic rings. The van der Waals surface area contributed by atoms with Crippen molar-refractivity contribution < 1.29 is 18.0 Å². The second-order valence-electron chi connectivity index (χ2n) is 6.20. The summed E-state index contributed by atoms with van der Waals surface area (Å²) in [7, 11) is -3.07. The lowest BCUT2D eigenvalue weighted by atomic mass is 10.2. The molecule has 138 valence electrons. The molecule has 0 bridgehead atoms. The van der Waals surface area contributed by atoms with Crippen molar-refractivity contribution in [2.45, 2.75) is 32.9 Å². The van der Waals surface area contributed by atoms with E-state index in [0.29, 0.717) is 18.0 Å². The lowest BCUT2D eigenvalue weighted by Crippen LogP contribution is -2.47. The van der Waals surface area contributed by atoms with Gasteiger partial charge in [-0.25, -0.2) is 8.42 Å². The van der Waals surface area contributed by atoms with Crippen LogP contribution >= 0.6 is 11.6 Å². The van der Waals surface area contributed by atoms with Gasteiger partial charge in [-0.1, -0.05) is 29.8 Å². The Morgan fingerprint density at radius 3 is 2.48 bits per heavy atom. The Labute approximate surface area is 153 Å². The summed E-state index contributed by atoms with van der Waals surface area (Å²) in [4.78, 5) is 27.6. The molecule has 1 aromatic rings. The first-order valence-electron chi connectivity index (χ1n) is 8.22. The lowest BCUT2D eigenvalue weighted by molar-refractivity contribution is -0.140. The Morgan fingerprint density at radius 2 is 1.96 bits per heavy atom. The zero-order valence-electron chi connectivity index (χ0n) is 14.4. The number of amides is 2. The molecule has 1 heterocycles. The second-order valence-corrected chi connectivity index (χ2v) is 8.84. The highest BCUT2D eigenvalue weighted by Gasteiger charge is 2.34. The van der Waals surface area contributed by atoms with E-state index in [2.05, 4.69) is 0 Å². The van der Waals surface area contributed by atoms with Crippen molar-refractivity contribution in [1.82, 2.24) is 9.80 Å². The van der Waals surface area contributed by atoms with E-state index in [4.69, 9.17) is 11.6 Å². The van der Waals surface area contributed by atoms with Gasteiger partial charge in [0.1, 0.15) is 6.54 Å². The minimum atomic E-state index is -3.07. The van der Waals surface area contributed by atoms with Gasteiger partial charge in [-0.05, 0) is 25.0 Å². The van der Waals surface area contributed by atoms with E-state index < -0.39 is 9.84 Å². The van der Waals surface area contributed by atoms with Gasteiger partial charge in [-0.3, -0.25) is 9.59 Å². The maximum absolute atomic E-state index is 12.7. The number of likely N-dealkylation sites (N-methyl/N-ethyl adjacent to an activating group) is 1. The fourth-order valence-electron chi connectivity index (χ4n) is 3.02. The molecule has 6 nitrogen and oxygen atoms in total. The van der Waals surface area contributed by atoms with Crippen LogP contribution in [0.5, 0.6) is 0 Å². The number of nitrogens with zero attached hydrogens (tertiary/aromatic N) is 2. The quantitative estimate of drug-likeness (QED) is 0.746. The maximum atomic E-state index is 12.7. The average Bonchev–Trinajstić information content (AvgIpc) is 2.89. The van der Waals surface area contributed by atoms with E-state index >= 15 is 0 Å². The fraction of sp³-hybridized carbons (Fsp3) is 0.529. The summed E-state index contributed by atoms with van der Waals surface area (Å²) >= 11 is 6.13. The maximum Gasteiger partial charge on any atom is 0.242 e.